The van der Waals surface area contributed by atoms with E-state index in [1.807, 2.05) is 43.4 Å². The molecule has 0 aromatic heterocycles. The summed E-state index contributed by atoms with van der Waals surface area (Å²) in [5.41, 5.74) is 1.66. The number of aliphatic hydroxyl groups excluding tert-OH is 1. The number of ether oxygens (including phenoxy) is 1. The summed E-state index contributed by atoms with van der Waals surface area (Å²) in [5, 5.41) is 11.1. The van der Waals surface area contributed by atoms with Crippen molar-refractivity contribution in [3.05, 3.63) is 53.1 Å². The van der Waals surface area contributed by atoms with Gasteiger partial charge in [0, 0.05) is 23.0 Å². The van der Waals surface area contributed by atoms with E-state index in [1.54, 1.807) is 18.1 Å². The average Bonchev–Trinajstić information content (AvgIpc) is 2.81. The predicted octanol–water partition coefficient (Wildman–Crippen LogP) is 3.84. The van der Waals surface area contributed by atoms with Crippen LogP contribution in [0.4, 0.5) is 5.69 Å². The number of halogens is 1. The Labute approximate surface area is 175 Å². The fraction of sp³-hybridized carbons (Fsp3) is 0.381. The average molecular weight is 421 g/mol. The van der Waals surface area contributed by atoms with Crippen LogP contribution in [0.3, 0.4) is 0 Å². The number of amides is 1. The molecule has 2 atom stereocenters. The number of carbonyl (C=O) groups is 1. The Morgan fingerprint density at radius 2 is 1.96 bits per heavy atom. The molecule has 0 fully saturated rings. The van der Waals surface area contributed by atoms with E-state index in [0.29, 0.717) is 11.6 Å². The Balaban J connectivity index is 1.98. The van der Waals surface area contributed by atoms with Gasteiger partial charge in [-0.25, -0.2) is 0 Å². The first kappa shape index (κ1) is 21.0. The SMILES string of the molecule is CCN(C)CCN1C(=O)[C@H](O)[C@H](c2ccc(OC)cc2)Sc2cc(Cl)ccc21. The van der Waals surface area contributed by atoms with Gasteiger partial charge in [-0.3, -0.25) is 4.79 Å². The zero-order valence-electron chi connectivity index (χ0n) is 16.3. The number of aliphatic hydroxyl groups is 1. The molecule has 0 bridgehead atoms. The van der Waals surface area contributed by atoms with E-state index in [2.05, 4.69) is 11.8 Å². The van der Waals surface area contributed by atoms with Crippen LogP contribution in [0.2, 0.25) is 5.02 Å². The summed E-state index contributed by atoms with van der Waals surface area (Å²) in [4.78, 5) is 17.9. The van der Waals surface area contributed by atoms with Crippen molar-refractivity contribution in [3.8, 4) is 5.75 Å². The molecular weight excluding hydrogens is 396 g/mol. The fourth-order valence-electron chi connectivity index (χ4n) is 3.12. The summed E-state index contributed by atoms with van der Waals surface area (Å²) in [6.07, 6.45) is -1.16. The van der Waals surface area contributed by atoms with Crippen LogP contribution in [0, 0.1) is 0 Å². The second-order valence-corrected chi connectivity index (χ2v) is 8.37. The minimum absolute atomic E-state index is 0.293. The van der Waals surface area contributed by atoms with Crippen LogP contribution in [-0.2, 0) is 4.79 Å². The van der Waals surface area contributed by atoms with Crippen LogP contribution >= 0.6 is 23.4 Å². The lowest BCUT2D eigenvalue weighted by molar-refractivity contribution is -0.126. The van der Waals surface area contributed by atoms with E-state index in [9.17, 15) is 9.90 Å². The number of likely N-dealkylation sites (N-methyl/N-ethyl adjacent to an activating group) is 1. The maximum absolute atomic E-state index is 13.2. The van der Waals surface area contributed by atoms with Gasteiger partial charge < -0.3 is 19.6 Å². The van der Waals surface area contributed by atoms with Gasteiger partial charge in [-0.1, -0.05) is 30.7 Å². The summed E-state index contributed by atoms with van der Waals surface area (Å²) >= 11 is 7.69. The molecule has 2 aromatic rings. The molecular formula is C21H25ClN2O3S. The van der Waals surface area contributed by atoms with Gasteiger partial charge in [0.05, 0.1) is 18.0 Å². The number of nitrogens with zero attached hydrogens (tertiary/aromatic N) is 2. The molecule has 5 nitrogen and oxygen atoms in total. The molecule has 28 heavy (non-hydrogen) atoms. The highest BCUT2D eigenvalue weighted by Crippen LogP contribution is 2.46. The van der Waals surface area contributed by atoms with Gasteiger partial charge in [0.1, 0.15) is 11.9 Å². The number of fused-ring (bicyclic) bond motifs is 1. The van der Waals surface area contributed by atoms with E-state index in [1.165, 1.54) is 11.8 Å². The van der Waals surface area contributed by atoms with Crippen LogP contribution in [0.25, 0.3) is 0 Å². The molecule has 1 aliphatic rings. The zero-order chi connectivity index (χ0) is 20.3. The summed E-state index contributed by atoms with van der Waals surface area (Å²) in [7, 11) is 3.62. The van der Waals surface area contributed by atoms with Gasteiger partial charge >= 0.3 is 0 Å². The van der Waals surface area contributed by atoms with Gasteiger partial charge in [0.25, 0.3) is 5.91 Å². The molecule has 0 radical (unpaired) electrons. The number of hydrogen-bond acceptors (Lipinski definition) is 5. The fourth-order valence-corrected chi connectivity index (χ4v) is 4.66. The van der Waals surface area contributed by atoms with Crippen LogP contribution in [0.1, 0.15) is 17.7 Å². The Morgan fingerprint density at radius 1 is 1.25 bits per heavy atom. The maximum atomic E-state index is 13.2. The highest BCUT2D eigenvalue weighted by Gasteiger charge is 2.37. The third-order valence-electron chi connectivity index (χ3n) is 4.96. The van der Waals surface area contributed by atoms with E-state index in [-0.39, 0.29) is 5.91 Å². The van der Waals surface area contributed by atoms with Crippen molar-refractivity contribution in [1.82, 2.24) is 4.90 Å². The Bertz CT molecular complexity index is 831. The van der Waals surface area contributed by atoms with Gasteiger partial charge in [0.2, 0.25) is 0 Å². The standard InChI is InChI=1S/C21H25ClN2O3S/c1-4-23(2)11-12-24-17-10-7-15(22)13-18(17)28-20(19(25)21(24)26)14-5-8-16(27-3)9-6-14/h5-10,13,19-20,25H,4,11-12H2,1-3H3/t19-,20+/m1/s1. The largest absolute Gasteiger partial charge is 0.497 e. The number of benzene rings is 2. The molecule has 7 heteroatoms. The molecule has 1 amide bonds. The molecule has 0 saturated carbocycles. The first-order valence-corrected chi connectivity index (χ1v) is 10.5. The first-order valence-electron chi connectivity index (χ1n) is 9.22. The summed E-state index contributed by atoms with van der Waals surface area (Å²) in [6, 6.07) is 13.0. The van der Waals surface area contributed by atoms with E-state index in [0.717, 1.165) is 35.0 Å². The van der Waals surface area contributed by atoms with Gasteiger partial charge in [-0.05, 0) is 49.5 Å². The van der Waals surface area contributed by atoms with Crippen molar-refractivity contribution in [1.29, 1.82) is 0 Å². The second kappa shape index (κ2) is 9.18. The van der Waals surface area contributed by atoms with Crippen LogP contribution < -0.4 is 9.64 Å². The molecule has 0 aliphatic carbocycles. The lowest BCUT2D eigenvalue weighted by atomic mass is 10.1. The van der Waals surface area contributed by atoms with Crippen molar-refractivity contribution in [3.63, 3.8) is 0 Å². The predicted molar refractivity (Wildman–Crippen MR) is 115 cm³/mol. The summed E-state index contributed by atoms with van der Waals surface area (Å²) in [6.45, 7) is 4.18. The van der Waals surface area contributed by atoms with Gasteiger partial charge in [-0.2, -0.15) is 0 Å². The monoisotopic (exact) mass is 420 g/mol. The van der Waals surface area contributed by atoms with Crippen molar-refractivity contribution >= 4 is 35.0 Å². The molecule has 1 aliphatic heterocycles. The van der Waals surface area contributed by atoms with E-state index >= 15 is 0 Å². The molecule has 1 heterocycles. The number of carbonyl (C=O) groups excluding carboxylic acids is 1. The van der Waals surface area contributed by atoms with Gasteiger partial charge in [0.15, 0.2) is 0 Å². The summed E-state index contributed by atoms with van der Waals surface area (Å²) in [5.74, 6) is 0.440. The van der Waals surface area contributed by atoms with Crippen LogP contribution in [0.15, 0.2) is 47.4 Å². The highest BCUT2D eigenvalue weighted by molar-refractivity contribution is 7.99. The Morgan fingerprint density at radius 3 is 2.61 bits per heavy atom. The third kappa shape index (κ3) is 4.46. The molecule has 150 valence electrons. The van der Waals surface area contributed by atoms with Crippen LogP contribution in [-0.4, -0.2) is 55.8 Å². The lowest BCUT2D eigenvalue weighted by Gasteiger charge is -2.27. The lowest BCUT2D eigenvalue weighted by Crippen LogP contribution is -2.43. The maximum Gasteiger partial charge on any atom is 0.257 e. The van der Waals surface area contributed by atoms with E-state index < -0.39 is 11.4 Å². The van der Waals surface area contributed by atoms with Crippen molar-refractivity contribution in [2.45, 2.75) is 23.2 Å². The minimum Gasteiger partial charge on any atom is -0.497 e. The van der Waals surface area contributed by atoms with Crippen LogP contribution in [0.5, 0.6) is 5.75 Å². The quantitative estimate of drug-likeness (QED) is 0.769. The molecule has 0 spiro atoms. The zero-order valence-corrected chi connectivity index (χ0v) is 17.8. The number of anilines is 1. The number of methoxy groups -OCH3 is 1. The topological polar surface area (TPSA) is 53.0 Å². The van der Waals surface area contributed by atoms with Crippen molar-refractivity contribution < 1.29 is 14.6 Å². The normalized spacial score (nSPS) is 19.5. The smallest absolute Gasteiger partial charge is 0.257 e. The molecule has 2 aromatic carbocycles. The summed E-state index contributed by atoms with van der Waals surface area (Å²) < 4.78 is 5.22. The third-order valence-corrected chi connectivity index (χ3v) is 6.56. The second-order valence-electron chi connectivity index (χ2n) is 6.75. The molecule has 3 rings (SSSR count). The highest BCUT2D eigenvalue weighted by atomic mass is 35.5. The number of rotatable bonds is 6. The van der Waals surface area contributed by atoms with E-state index in [4.69, 9.17) is 16.3 Å². The first-order chi connectivity index (χ1) is 13.4. The molecule has 0 unspecified atom stereocenters. The van der Waals surface area contributed by atoms with Crippen molar-refractivity contribution in [2.75, 3.05) is 38.7 Å². The Kier molecular flexibility index (Phi) is 6.88. The molecule has 1 N–H and O–H groups in total. The minimum atomic E-state index is -1.16. The van der Waals surface area contributed by atoms with Crippen molar-refractivity contribution in [2.24, 2.45) is 0 Å². The number of hydrogen-bond donors (Lipinski definition) is 1. The number of thioether (sulfide) groups is 1. The molecule has 0 saturated heterocycles. The Hall–Kier alpha value is -1.73. The van der Waals surface area contributed by atoms with Gasteiger partial charge in [-0.15, -0.1) is 11.8 Å².